The van der Waals surface area contributed by atoms with Crippen LogP contribution < -0.4 is 14.9 Å². The molecule has 28 heavy (non-hydrogen) atoms. The number of nitrogens with one attached hydrogen (secondary N) is 2. The minimum Gasteiger partial charge on any atom is -0.385 e. The summed E-state index contributed by atoms with van der Waals surface area (Å²) in [4.78, 5) is 13.6. The molecule has 0 radical (unpaired) electrons. The zero-order valence-electron chi connectivity index (χ0n) is 17.0. The number of ketones is 1. The highest BCUT2D eigenvalue weighted by atomic mass is 32.2. The molecule has 7 heteroatoms. The lowest BCUT2D eigenvalue weighted by atomic mass is 9.86. The molecular weight excluding hydrogens is 374 g/mol. The maximum Gasteiger partial charge on any atom is 0.214 e. The Morgan fingerprint density at radius 1 is 1.04 bits per heavy atom. The van der Waals surface area contributed by atoms with Gasteiger partial charge in [-0.1, -0.05) is 0 Å². The molecule has 0 amide bonds. The number of hydrogen-bond acceptors (Lipinski definition) is 5. The van der Waals surface area contributed by atoms with Crippen molar-refractivity contribution < 1.29 is 13.2 Å². The first-order valence-electron chi connectivity index (χ1n) is 10.4. The van der Waals surface area contributed by atoms with Crippen LogP contribution >= 0.6 is 0 Å². The van der Waals surface area contributed by atoms with Crippen LogP contribution in [0.25, 0.3) is 0 Å². The summed E-state index contributed by atoms with van der Waals surface area (Å²) >= 11 is 0. The predicted molar refractivity (Wildman–Crippen MR) is 114 cm³/mol. The predicted octanol–water partition coefficient (Wildman–Crippen LogP) is 3.15. The first-order valence-corrected chi connectivity index (χ1v) is 12.0. The van der Waals surface area contributed by atoms with Crippen LogP contribution in [0, 0.1) is 5.92 Å². The molecule has 1 saturated carbocycles. The quantitative estimate of drug-likeness (QED) is 0.726. The Hall–Kier alpha value is -1.60. The van der Waals surface area contributed by atoms with Gasteiger partial charge in [-0.25, -0.2) is 13.1 Å². The first kappa shape index (κ1) is 21.1. The highest BCUT2D eigenvalue weighted by Gasteiger charge is 2.26. The lowest BCUT2D eigenvalue weighted by molar-refractivity contribution is -0.119. The van der Waals surface area contributed by atoms with E-state index in [0.29, 0.717) is 24.5 Å². The highest BCUT2D eigenvalue weighted by Crippen LogP contribution is 2.26. The van der Waals surface area contributed by atoms with Gasteiger partial charge in [0.05, 0.1) is 5.25 Å². The number of benzene rings is 1. The Labute approximate surface area is 169 Å². The molecule has 1 aliphatic carbocycles. The van der Waals surface area contributed by atoms with Gasteiger partial charge < -0.3 is 10.2 Å². The maximum absolute atomic E-state index is 12.0. The van der Waals surface area contributed by atoms with Gasteiger partial charge in [0.1, 0.15) is 5.78 Å². The van der Waals surface area contributed by atoms with Crippen molar-refractivity contribution in [3.05, 3.63) is 24.3 Å². The molecule has 0 unspecified atom stereocenters. The molecule has 1 heterocycles. The molecule has 2 fully saturated rings. The lowest BCUT2D eigenvalue weighted by Gasteiger charge is -2.30. The second-order valence-electron chi connectivity index (χ2n) is 8.38. The molecule has 3 rings (SSSR count). The zero-order chi connectivity index (χ0) is 20.1. The minimum atomic E-state index is -3.18. The summed E-state index contributed by atoms with van der Waals surface area (Å²) in [7, 11) is -3.18. The molecule has 2 aliphatic rings. The van der Waals surface area contributed by atoms with Gasteiger partial charge in [0.25, 0.3) is 0 Å². The van der Waals surface area contributed by atoms with E-state index < -0.39 is 10.0 Å². The van der Waals surface area contributed by atoms with Crippen LogP contribution in [0.4, 0.5) is 11.4 Å². The van der Waals surface area contributed by atoms with Crippen molar-refractivity contribution in [2.45, 2.75) is 63.7 Å². The summed E-state index contributed by atoms with van der Waals surface area (Å²) in [6, 6.07) is 8.53. The molecule has 0 atom stereocenters. The van der Waals surface area contributed by atoms with Crippen molar-refractivity contribution in [1.82, 2.24) is 4.72 Å². The number of rotatable bonds is 7. The summed E-state index contributed by atoms with van der Waals surface area (Å²) in [5.41, 5.74) is 2.29. The van der Waals surface area contributed by atoms with E-state index in [1.54, 1.807) is 13.8 Å². The molecule has 156 valence electrons. The summed E-state index contributed by atoms with van der Waals surface area (Å²) < 4.78 is 26.9. The van der Waals surface area contributed by atoms with Crippen molar-refractivity contribution >= 4 is 27.2 Å². The van der Waals surface area contributed by atoms with Crippen LogP contribution in [0.1, 0.15) is 52.4 Å². The smallest absolute Gasteiger partial charge is 0.214 e. The monoisotopic (exact) mass is 407 g/mol. The topological polar surface area (TPSA) is 78.5 Å². The minimum absolute atomic E-state index is 0.0827. The Morgan fingerprint density at radius 2 is 1.64 bits per heavy atom. The van der Waals surface area contributed by atoms with Crippen molar-refractivity contribution in [3.8, 4) is 0 Å². The molecule has 6 nitrogen and oxygen atoms in total. The first-order chi connectivity index (χ1) is 13.3. The normalized spacial score (nSPS) is 23.8. The second-order valence-corrected chi connectivity index (χ2v) is 10.7. The third kappa shape index (κ3) is 5.70. The Bertz CT molecular complexity index is 744. The standard InChI is InChI=1S/C21H33N3O3S/c1-16(2)28(26,27)23-19-5-3-17(4-6-19)15-22-18-7-9-20(10-8-18)24-13-11-21(25)12-14-24/h7-10,16-17,19,22-23H,3-6,11-15H2,1-2H3/t17-,19-. The van der Waals surface area contributed by atoms with E-state index in [1.807, 2.05) is 0 Å². The summed E-state index contributed by atoms with van der Waals surface area (Å²) in [6.45, 7) is 5.98. The second kappa shape index (κ2) is 9.27. The number of nitrogens with zero attached hydrogens (tertiary/aromatic N) is 1. The van der Waals surface area contributed by atoms with E-state index in [4.69, 9.17) is 0 Å². The fraction of sp³-hybridized carbons (Fsp3) is 0.667. The van der Waals surface area contributed by atoms with Crippen molar-refractivity contribution in [2.24, 2.45) is 5.92 Å². The SMILES string of the molecule is CC(C)S(=O)(=O)N[C@H]1CC[C@H](CNc2ccc(N3CCC(=O)CC3)cc2)CC1. The molecule has 1 aliphatic heterocycles. The van der Waals surface area contributed by atoms with Crippen molar-refractivity contribution in [2.75, 3.05) is 29.9 Å². The zero-order valence-corrected chi connectivity index (χ0v) is 17.8. The molecule has 2 N–H and O–H groups in total. The van der Waals surface area contributed by atoms with Crippen LogP contribution in [0.3, 0.4) is 0 Å². The average molecular weight is 408 g/mol. The van der Waals surface area contributed by atoms with Gasteiger partial charge in [0.15, 0.2) is 0 Å². The van der Waals surface area contributed by atoms with E-state index in [2.05, 4.69) is 39.2 Å². The van der Waals surface area contributed by atoms with Gasteiger partial charge in [-0.3, -0.25) is 4.79 Å². The van der Waals surface area contributed by atoms with E-state index in [0.717, 1.165) is 51.0 Å². The van der Waals surface area contributed by atoms with E-state index in [1.165, 1.54) is 5.69 Å². The highest BCUT2D eigenvalue weighted by molar-refractivity contribution is 7.90. The van der Waals surface area contributed by atoms with Crippen LogP contribution in [-0.4, -0.2) is 45.1 Å². The summed E-state index contributed by atoms with van der Waals surface area (Å²) in [6.07, 6.45) is 5.19. The molecule has 1 aromatic rings. The van der Waals surface area contributed by atoms with E-state index in [9.17, 15) is 13.2 Å². The Morgan fingerprint density at radius 3 is 2.21 bits per heavy atom. The van der Waals surface area contributed by atoms with Crippen molar-refractivity contribution in [3.63, 3.8) is 0 Å². The van der Waals surface area contributed by atoms with Crippen LogP contribution in [0.5, 0.6) is 0 Å². The molecular formula is C21H33N3O3S. The van der Waals surface area contributed by atoms with E-state index in [-0.39, 0.29) is 11.3 Å². The number of hydrogen-bond donors (Lipinski definition) is 2. The van der Waals surface area contributed by atoms with Gasteiger partial charge in [0.2, 0.25) is 10.0 Å². The molecule has 0 spiro atoms. The lowest BCUT2D eigenvalue weighted by Crippen LogP contribution is -2.41. The number of carbonyl (C=O) groups excluding carboxylic acids is 1. The van der Waals surface area contributed by atoms with Gasteiger partial charge in [-0.05, 0) is 69.7 Å². The van der Waals surface area contributed by atoms with Crippen LogP contribution in [0.15, 0.2) is 24.3 Å². The summed E-state index contributed by atoms with van der Waals surface area (Å²) in [5, 5.41) is 3.15. The van der Waals surface area contributed by atoms with Crippen LogP contribution in [0.2, 0.25) is 0 Å². The third-order valence-corrected chi connectivity index (χ3v) is 7.85. The van der Waals surface area contributed by atoms with Gasteiger partial charge in [-0.15, -0.1) is 0 Å². The maximum atomic E-state index is 12.0. The van der Waals surface area contributed by atoms with Gasteiger partial charge in [0, 0.05) is 49.9 Å². The average Bonchev–Trinajstić information content (AvgIpc) is 2.68. The Kier molecular flexibility index (Phi) is 6.99. The summed E-state index contributed by atoms with van der Waals surface area (Å²) in [5.74, 6) is 0.939. The van der Waals surface area contributed by atoms with Crippen molar-refractivity contribution in [1.29, 1.82) is 0 Å². The molecule has 1 saturated heterocycles. The fourth-order valence-electron chi connectivity index (χ4n) is 3.92. The third-order valence-electron chi connectivity index (χ3n) is 5.95. The Balaban J connectivity index is 1.41. The molecule has 0 aromatic heterocycles. The number of anilines is 2. The van der Waals surface area contributed by atoms with E-state index >= 15 is 0 Å². The number of piperidine rings is 1. The fourth-order valence-corrected chi connectivity index (χ4v) is 4.89. The number of sulfonamides is 1. The number of Topliss-reactive ketones (excluding diaryl/α,β-unsaturated/α-hetero) is 1. The molecule has 0 bridgehead atoms. The van der Waals surface area contributed by atoms with Crippen LogP contribution in [-0.2, 0) is 14.8 Å². The van der Waals surface area contributed by atoms with Gasteiger partial charge in [-0.2, -0.15) is 0 Å². The number of carbonyl (C=O) groups is 1. The largest absolute Gasteiger partial charge is 0.385 e. The molecule has 1 aromatic carbocycles. The van der Waals surface area contributed by atoms with Gasteiger partial charge >= 0.3 is 0 Å².